The first kappa shape index (κ1) is 29.7. The van der Waals surface area contributed by atoms with Crippen LogP contribution in [0.5, 0.6) is 0 Å². The fraction of sp³-hybridized carbons (Fsp3) is 0.741. The van der Waals surface area contributed by atoms with Crippen molar-refractivity contribution in [3.63, 3.8) is 0 Å². The first-order chi connectivity index (χ1) is 17.4. The van der Waals surface area contributed by atoms with Crippen LogP contribution in [0.25, 0.3) is 0 Å². The maximum atomic E-state index is 13.1. The summed E-state index contributed by atoms with van der Waals surface area (Å²) < 4.78 is 84.2. The third-order valence-corrected chi connectivity index (χ3v) is 7.40. The van der Waals surface area contributed by atoms with Gasteiger partial charge in [0.25, 0.3) is 0 Å². The molecule has 2 saturated carbocycles. The van der Waals surface area contributed by atoms with Gasteiger partial charge in [0.15, 0.2) is 0 Å². The van der Waals surface area contributed by atoms with E-state index in [1.165, 1.54) is 19.3 Å². The summed E-state index contributed by atoms with van der Waals surface area (Å²) in [6.07, 6.45) is -0.666. The van der Waals surface area contributed by atoms with Crippen LogP contribution in [0.1, 0.15) is 88.3 Å². The van der Waals surface area contributed by atoms with Crippen LogP contribution in [0.15, 0.2) is 18.2 Å². The van der Waals surface area contributed by atoms with Crippen molar-refractivity contribution >= 4 is 5.91 Å². The Bertz CT molecular complexity index is 854. The minimum Gasteiger partial charge on any atom is -0.378 e. The Hall–Kier alpha value is -1.81. The Kier molecular flexibility index (Phi) is 10.3. The van der Waals surface area contributed by atoms with Crippen LogP contribution >= 0.6 is 0 Å². The number of amides is 1. The van der Waals surface area contributed by atoms with Crippen LogP contribution in [-0.4, -0.2) is 30.7 Å². The first-order valence-corrected chi connectivity index (χ1v) is 13.4. The molecule has 4 rings (SSSR count). The van der Waals surface area contributed by atoms with Crippen LogP contribution in [0, 0.1) is 11.8 Å². The fourth-order valence-corrected chi connectivity index (χ4v) is 5.69. The summed E-state index contributed by atoms with van der Waals surface area (Å²) in [5, 5.41) is 6.26. The average Bonchev–Trinajstić information content (AvgIpc) is 3.31. The van der Waals surface area contributed by atoms with Gasteiger partial charge in [-0.1, -0.05) is 33.1 Å². The zero-order valence-electron chi connectivity index (χ0n) is 21.5. The van der Waals surface area contributed by atoms with Gasteiger partial charge in [0.1, 0.15) is 0 Å². The van der Waals surface area contributed by atoms with E-state index in [2.05, 4.69) is 24.5 Å². The van der Waals surface area contributed by atoms with Crippen molar-refractivity contribution in [1.29, 1.82) is 0 Å². The molecule has 0 aromatic heterocycles. The van der Waals surface area contributed by atoms with Crippen molar-refractivity contribution in [1.82, 2.24) is 10.6 Å². The van der Waals surface area contributed by atoms with E-state index in [4.69, 9.17) is 4.74 Å². The van der Waals surface area contributed by atoms with E-state index in [-0.39, 0.29) is 36.0 Å². The highest BCUT2D eigenvalue weighted by Crippen LogP contribution is 2.37. The summed E-state index contributed by atoms with van der Waals surface area (Å²) in [4.78, 5) is 12.6. The summed E-state index contributed by atoms with van der Waals surface area (Å²) in [5.74, 6) is -0.163. The van der Waals surface area contributed by atoms with Crippen molar-refractivity contribution in [3.8, 4) is 0 Å². The van der Waals surface area contributed by atoms with E-state index in [0.29, 0.717) is 43.0 Å². The van der Waals surface area contributed by atoms with Crippen LogP contribution in [0.4, 0.5) is 26.3 Å². The second-order valence-corrected chi connectivity index (χ2v) is 10.5. The zero-order valence-corrected chi connectivity index (χ0v) is 21.5. The molecule has 1 saturated heterocycles. The van der Waals surface area contributed by atoms with Gasteiger partial charge in [-0.3, -0.25) is 4.79 Å². The molecule has 10 heteroatoms. The maximum absolute atomic E-state index is 13.1. The van der Waals surface area contributed by atoms with E-state index in [0.717, 1.165) is 32.3 Å². The molecule has 1 aromatic carbocycles. The molecule has 3 aliphatic rings. The van der Waals surface area contributed by atoms with Gasteiger partial charge in [-0.25, -0.2) is 0 Å². The van der Waals surface area contributed by atoms with Gasteiger partial charge in [-0.05, 0) is 62.3 Å². The minimum atomic E-state index is -4.91. The molecule has 0 spiro atoms. The Morgan fingerprint density at radius 3 is 2.16 bits per heavy atom. The molecule has 4 nitrogen and oxygen atoms in total. The van der Waals surface area contributed by atoms with E-state index in [1.54, 1.807) is 0 Å². The Balaban J connectivity index is 0.00000121. The van der Waals surface area contributed by atoms with Crippen LogP contribution in [0.2, 0.25) is 0 Å². The van der Waals surface area contributed by atoms with Crippen molar-refractivity contribution in [2.75, 3.05) is 6.61 Å². The predicted octanol–water partition coefficient (Wildman–Crippen LogP) is 6.86. The smallest absolute Gasteiger partial charge is 0.378 e. The number of alkyl halides is 6. The number of carbonyl (C=O) groups is 1. The van der Waals surface area contributed by atoms with Gasteiger partial charge in [0.2, 0.25) is 5.91 Å². The van der Waals surface area contributed by atoms with Crippen LogP contribution in [-0.2, 0) is 28.4 Å². The van der Waals surface area contributed by atoms with E-state index < -0.39 is 23.5 Å². The predicted molar refractivity (Wildman–Crippen MR) is 129 cm³/mol. The number of hydrogen-bond acceptors (Lipinski definition) is 3. The van der Waals surface area contributed by atoms with Gasteiger partial charge in [-0.2, -0.15) is 26.3 Å². The molecule has 1 aliphatic heterocycles. The number of benzene rings is 1. The molecule has 5 atom stereocenters. The summed E-state index contributed by atoms with van der Waals surface area (Å²) in [7, 11) is 0. The van der Waals surface area contributed by atoms with E-state index >= 15 is 0 Å². The second kappa shape index (κ2) is 12.8. The molecule has 1 amide bonds. The van der Waals surface area contributed by atoms with Crippen molar-refractivity contribution in [2.45, 2.75) is 109 Å². The lowest BCUT2D eigenvalue weighted by Gasteiger charge is -2.42. The molecule has 0 radical (unpaired) electrons. The van der Waals surface area contributed by atoms with E-state index in [9.17, 15) is 31.1 Å². The molecule has 37 heavy (non-hydrogen) atoms. The number of fused-ring (bicyclic) bond motifs is 1. The largest absolute Gasteiger partial charge is 0.416 e. The SMILES string of the molecule is CCC.O=C(NCc1cc(C(F)(F)F)cc(C(F)(F)F)c1)C1CCC(NC2CCOC3CCCCC23)C1. The molecule has 2 aliphatic carbocycles. The number of nitrogens with one attached hydrogen (secondary N) is 2. The maximum Gasteiger partial charge on any atom is 0.416 e. The summed E-state index contributed by atoms with van der Waals surface area (Å²) in [6.45, 7) is 4.59. The standard InChI is InChI=1S/C24H30F6N2O2.C3H8/c25-23(26,27)16-9-14(10-17(12-16)24(28,29)30)13-31-22(33)15-5-6-18(11-15)32-20-7-8-34-21-4-2-1-3-19(20)21;1-3-2/h9-10,12,15,18-21,32H,1-8,11,13H2,(H,31,33);3H2,1-2H3. The topological polar surface area (TPSA) is 50.4 Å². The fourth-order valence-electron chi connectivity index (χ4n) is 5.69. The third-order valence-electron chi connectivity index (χ3n) is 7.40. The Labute approximate surface area is 214 Å². The molecular weight excluding hydrogens is 498 g/mol. The normalized spacial score (nSPS) is 28.2. The van der Waals surface area contributed by atoms with E-state index in [1.807, 2.05) is 0 Å². The quantitative estimate of drug-likeness (QED) is 0.404. The molecule has 1 heterocycles. The molecule has 210 valence electrons. The number of hydrogen-bond donors (Lipinski definition) is 2. The molecule has 1 aromatic rings. The zero-order chi connectivity index (χ0) is 27.2. The van der Waals surface area contributed by atoms with Gasteiger partial charge in [-0.15, -0.1) is 0 Å². The number of rotatable bonds is 5. The molecule has 3 fully saturated rings. The second-order valence-electron chi connectivity index (χ2n) is 10.5. The summed E-state index contributed by atoms with van der Waals surface area (Å²) in [5.41, 5.74) is -2.99. The van der Waals surface area contributed by atoms with Gasteiger partial charge >= 0.3 is 12.4 Å². The summed E-state index contributed by atoms with van der Waals surface area (Å²) in [6, 6.07) is 1.93. The average molecular weight is 537 g/mol. The summed E-state index contributed by atoms with van der Waals surface area (Å²) >= 11 is 0. The molecular formula is C27H38F6N2O2. The number of ether oxygens (including phenoxy) is 1. The molecule has 5 unspecified atom stereocenters. The van der Waals surface area contributed by atoms with Crippen molar-refractivity contribution in [2.24, 2.45) is 11.8 Å². The van der Waals surface area contributed by atoms with Gasteiger partial charge < -0.3 is 15.4 Å². The Morgan fingerprint density at radius 2 is 1.54 bits per heavy atom. The monoisotopic (exact) mass is 536 g/mol. The van der Waals surface area contributed by atoms with Gasteiger partial charge in [0, 0.05) is 37.1 Å². The van der Waals surface area contributed by atoms with Crippen molar-refractivity contribution < 1.29 is 35.9 Å². The lowest BCUT2D eigenvalue weighted by atomic mass is 9.78. The first-order valence-electron chi connectivity index (χ1n) is 13.4. The van der Waals surface area contributed by atoms with Gasteiger partial charge in [0.05, 0.1) is 17.2 Å². The number of carbonyl (C=O) groups excluding carboxylic acids is 1. The Morgan fingerprint density at radius 1 is 0.919 bits per heavy atom. The minimum absolute atomic E-state index is 0.0890. The highest BCUT2D eigenvalue weighted by Gasteiger charge is 2.39. The lowest BCUT2D eigenvalue weighted by molar-refractivity contribution is -0.143. The van der Waals surface area contributed by atoms with Crippen molar-refractivity contribution in [3.05, 3.63) is 34.9 Å². The number of halogens is 6. The highest BCUT2D eigenvalue weighted by molar-refractivity contribution is 5.79. The lowest BCUT2D eigenvalue weighted by Crippen LogP contribution is -2.51. The molecule has 2 N–H and O–H groups in total. The molecule has 0 bridgehead atoms. The third kappa shape index (κ3) is 8.34. The van der Waals surface area contributed by atoms with Crippen LogP contribution < -0.4 is 10.6 Å². The van der Waals surface area contributed by atoms with Crippen LogP contribution in [0.3, 0.4) is 0 Å². The highest BCUT2D eigenvalue weighted by atomic mass is 19.4.